The van der Waals surface area contributed by atoms with E-state index in [0.717, 1.165) is 51.6 Å². The van der Waals surface area contributed by atoms with Crippen molar-refractivity contribution in [2.24, 2.45) is 5.92 Å². The molecule has 0 unspecified atom stereocenters. The van der Waals surface area contributed by atoms with E-state index in [1.165, 1.54) is 12.4 Å². The first-order chi connectivity index (χ1) is 18.5. The maximum Gasteiger partial charge on any atom is 0.222 e. The number of carbonyl (C=O) groups excluding carboxylic acids is 1. The van der Waals surface area contributed by atoms with Crippen molar-refractivity contribution in [3.05, 3.63) is 47.5 Å². The van der Waals surface area contributed by atoms with Crippen molar-refractivity contribution in [1.29, 1.82) is 0 Å². The van der Waals surface area contributed by atoms with Gasteiger partial charge in [-0.25, -0.2) is 14.4 Å². The number of hydrogen-bond acceptors (Lipinski definition) is 7. The number of likely N-dealkylation sites (tertiary alicyclic amines) is 1. The molecule has 1 saturated heterocycles. The zero-order valence-corrected chi connectivity index (χ0v) is 22.4. The lowest BCUT2D eigenvalue weighted by Crippen LogP contribution is -2.46. The monoisotopic (exact) mass is 541 g/mol. The molecule has 0 radical (unpaired) electrons. The lowest BCUT2D eigenvalue weighted by molar-refractivity contribution is -0.126. The molecule has 3 aromatic rings. The van der Waals surface area contributed by atoms with Gasteiger partial charge in [0.2, 0.25) is 5.91 Å². The van der Waals surface area contributed by atoms with E-state index in [2.05, 4.69) is 25.5 Å². The molecule has 38 heavy (non-hydrogen) atoms. The van der Waals surface area contributed by atoms with E-state index in [1.54, 1.807) is 26.3 Å². The first-order valence-corrected chi connectivity index (χ1v) is 13.5. The number of halogens is 2. The van der Waals surface area contributed by atoms with Gasteiger partial charge in [-0.3, -0.25) is 4.79 Å². The standard InChI is InChI=1S/C28H33ClFN5O3/c1-31-28(36)17-10-12-35(13-11-17)18-6-8-19(9-7-18)38-25-14-20-23(15-24(25)37-2)32-16-33-27(20)34-22-5-3-4-21(29)26(22)30/h3-5,14-19H,6-13H2,1-2H3,(H,31,36)(H,32,33,34)/t18-,19+. The molecule has 2 heterocycles. The largest absolute Gasteiger partial charge is 0.493 e. The quantitative estimate of drug-likeness (QED) is 0.418. The van der Waals surface area contributed by atoms with E-state index < -0.39 is 5.82 Å². The van der Waals surface area contributed by atoms with Crippen molar-refractivity contribution < 1.29 is 18.7 Å². The molecule has 0 bridgehead atoms. The maximum absolute atomic E-state index is 14.5. The van der Waals surface area contributed by atoms with Crippen LogP contribution < -0.4 is 20.1 Å². The van der Waals surface area contributed by atoms with Gasteiger partial charge in [0, 0.05) is 30.5 Å². The van der Waals surface area contributed by atoms with Gasteiger partial charge in [-0.15, -0.1) is 0 Å². The summed E-state index contributed by atoms with van der Waals surface area (Å²) in [5, 5.41) is 6.55. The highest BCUT2D eigenvalue weighted by Crippen LogP contribution is 2.38. The fourth-order valence-corrected chi connectivity index (χ4v) is 5.76. The summed E-state index contributed by atoms with van der Waals surface area (Å²) < 4.78 is 26.6. The van der Waals surface area contributed by atoms with E-state index in [1.807, 2.05) is 12.1 Å². The zero-order chi connectivity index (χ0) is 26.6. The Morgan fingerprint density at radius 2 is 1.84 bits per heavy atom. The Morgan fingerprint density at radius 1 is 1.08 bits per heavy atom. The Hall–Kier alpha value is -3.17. The highest BCUT2D eigenvalue weighted by Gasteiger charge is 2.31. The third kappa shape index (κ3) is 5.63. The van der Waals surface area contributed by atoms with E-state index in [4.69, 9.17) is 21.1 Å². The van der Waals surface area contributed by atoms with Crippen LogP contribution >= 0.6 is 11.6 Å². The number of methoxy groups -OCH3 is 1. The van der Waals surface area contributed by atoms with Crippen LogP contribution in [0.15, 0.2) is 36.7 Å². The average molecular weight is 542 g/mol. The Balaban J connectivity index is 1.27. The van der Waals surface area contributed by atoms with Crippen LogP contribution in [0.5, 0.6) is 11.5 Å². The average Bonchev–Trinajstić information content (AvgIpc) is 2.95. The molecule has 5 rings (SSSR count). The van der Waals surface area contributed by atoms with Gasteiger partial charge in [-0.1, -0.05) is 17.7 Å². The number of nitrogens with one attached hydrogen (secondary N) is 2. The van der Waals surface area contributed by atoms with Crippen LogP contribution in [0, 0.1) is 11.7 Å². The molecule has 2 N–H and O–H groups in total. The van der Waals surface area contributed by atoms with Crippen LogP contribution in [0.4, 0.5) is 15.9 Å². The number of benzene rings is 2. The Labute approximate surface area is 226 Å². The predicted octanol–water partition coefficient (Wildman–Crippen LogP) is 5.32. The number of nitrogens with zero attached hydrogens (tertiary/aromatic N) is 3. The summed E-state index contributed by atoms with van der Waals surface area (Å²) in [6, 6.07) is 8.97. The number of carbonyl (C=O) groups is 1. The van der Waals surface area contributed by atoms with Crippen LogP contribution in [0.25, 0.3) is 10.9 Å². The van der Waals surface area contributed by atoms with E-state index in [-0.39, 0.29) is 28.6 Å². The number of anilines is 2. The summed E-state index contributed by atoms with van der Waals surface area (Å²) in [4.78, 5) is 23.2. The molecule has 1 aromatic heterocycles. The fourth-order valence-electron chi connectivity index (χ4n) is 5.58. The van der Waals surface area contributed by atoms with E-state index in [9.17, 15) is 9.18 Å². The van der Waals surface area contributed by atoms with Crippen molar-refractivity contribution in [3.8, 4) is 11.5 Å². The van der Waals surface area contributed by atoms with Gasteiger partial charge in [0.15, 0.2) is 17.3 Å². The molecule has 10 heteroatoms. The van der Waals surface area contributed by atoms with Crippen molar-refractivity contribution >= 4 is 39.9 Å². The van der Waals surface area contributed by atoms with E-state index >= 15 is 0 Å². The smallest absolute Gasteiger partial charge is 0.222 e. The van der Waals surface area contributed by atoms with Crippen LogP contribution in [0.1, 0.15) is 38.5 Å². The molecule has 1 aliphatic carbocycles. The van der Waals surface area contributed by atoms with Crippen LogP contribution in [-0.2, 0) is 4.79 Å². The summed E-state index contributed by atoms with van der Waals surface area (Å²) in [7, 11) is 3.32. The summed E-state index contributed by atoms with van der Waals surface area (Å²) >= 11 is 5.95. The number of ether oxygens (including phenoxy) is 2. The van der Waals surface area contributed by atoms with Gasteiger partial charge in [-0.2, -0.15) is 0 Å². The fraction of sp³-hybridized carbons (Fsp3) is 0.464. The van der Waals surface area contributed by atoms with Gasteiger partial charge < -0.3 is 25.0 Å². The summed E-state index contributed by atoms with van der Waals surface area (Å²) in [6.07, 6.45) is 7.30. The van der Waals surface area contributed by atoms with Crippen LogP contribution in [-0.4, -0.2) is 60.2 Å². The Bertz CT molecular complexity index is 1290. The molecule has 1 amide bonds. The molecule has 1 aliphatic heterocycles. The SMILES string of the molecule is CNC(=O)C1CCN([C@H]2CC[C@@H](Oc3cc4c(Nc5cccc(Cl)c5F)ncnc4cc3OC)CC2)CC1. The maximum atomic E-state index is 14.5. The second-order valence-electron chi connectivity index (χ2n) is 9.94. The van der Waals surface area contributed by atoms with Gasteiger partial charge in [-0.05, 0) is 69.8 Å². The van der Waals surface area contributed by atoms with Crippen molar-refractivity contribution in [3.63, 3.8) is 0 Å². The molecular weight excluding hydrogens is 509 g/mol. The first kappa shape index (κ1) is 26.4. The first-order valence-electron chi connectivity index (χ1n) is 13.1. The summed E-state index contributed by atoms with van der Waals surface area (Å²) in [6.45, 7) is 1.94. The van der Waals surface area contributed by atoms with Gasteiger partial charge in [0.1, 0.15) is 12.1 Å². The number of piperidine rings is 1. The minimum atomic E-state index is -0.541. The molecule has 2 aliphatic rings. The molecule has 0 atom stereocenters. The number of hydrogen-bond donors (Lipinski definition) is 2. The minimum absolute atomic E-state index is 0.0329. The second kappa shape index (κ2) is 11.7. The minimum Gasteiger partial charge on any atom is -0.493 e. The third-order valence-electron chi connectivity index (χ3n) is 7.73. The number of aromatic nitrogens is 2. The number of amides is 1. The predicted molar refractivity (Wildman–Crippen MR) is 146 cm³/mol. The highest BCUT2D eigenvalue weighted by atomic mass is 35.5. The van der Waals surface area contributed by atoms with E-state index in [0.29, 0.717) is 34.3 Å². The summed E-state index contributed by atoms with van der Waals surface area (Å²) in [5.74, 6) is 1.41. The lowest BCUT2D eigenvalue weighted by Gasteiger charge is -2.40. The van der Waals surface area contributed by atoms with Gasteiger partial charge in [0.05, 0.1) is 29.4 Å². The van der Waals surface area contributed by atoms with Gasteiger partial charge >= 0.3 is 0 Å². The molecule has 1 saturated carbocycles. The highest BCUT2D eigenvalue weighted by molar-refractivity contribution is 6.31. The zero-order valence-electron chi connectivity index (χ0n) is 21.7. The van der Waals surface area contributed by atoms with Crippen LogP contribution in [0.3, 0.4) is 0 Å². The lowest BCUT2D eigenvalue weighted by atomic mass is 9.88. The topological polar surface area (TPSA) is 88.6 Å². The van der Waals surface area contributed by atoms with Crippen molar-refractivity contribution in [2.45, 2.75) is 50.7 Å². The second-order valence-corrected chi connectivity index (χ2v) is 10.3. The summed E-state index contributed by atoms with van der Waals surface area (Å²) in [5.41, 5.74) is 0.881. The van der Waals surface area contributed by atoms with Crippen molar-refractivity contribution in [2.75, 3.05) is 32.6 Å². The molecule has 202 valence electrons. The normalized spacial score (nSPS) is 20.7. The molecule has 2 fully saturated rings. The molecular formula is C28H33ClFN5O3. The number of fused-ring (bicyclic) bond motifs is 1. The number of rotatable bonds is 7. The van der Waals surface area contributed by atoms with Crippen molar-refractivity contribution in [1.82, 2.24) is 20.2 Å². The molecule has 8 nitrogen and oxygen atoms in total. The van der Waals surface area contributed by atoms with Gasteiger partial charge in [0.25, 0.3) is 0 Å². The third-order valence-corrected chi connectivity index (χ3v) is 8.02. The molecule has 0 spiro atoms. The Kier molecular flexibility index (Phi) is 8.14. The Morgan fingerprint density at radius 3 is 2.55 bits per heavy atom. The molecule has 2 aromatic carbocycles. The van der Waals surface area contributed by atoms with Crippen LogP contribution in [0.2, 0.25) is 5.02 Å².